The Balaban J connectivity index is 1.34. The molecule has 5 rings (SSSR count). The standard InChI is InChI=1S/C28H30N2O3S/c1-19-3-5-21(6-4-19)28-27(25-12-7-22(31)17-26(25)34-28)33-24-10-8-23(9-11-24)32-18-20(2)30-15-13-29-14-16-30/h3-12,17,20,29,31H,13-16,18H2,1-2H3/t20-/m0/s1. The largest absolute Gasteiger partial charge is 0.508 e. The Bertz CT molecular complexity index is 1250. The summed E-state index contributed by atoms with van der Waals surface area (Å²) >= 11 is 1.63. The second-order valence-corrected chi connectivity index (χ2v) is 9.88. The number of phenolic OH excluding ortho intramolecular Hbond substituents is 1. The van der Waals surface area contributed by atoms with Crippen molar-refractivity contribution in [3.63, 3.8) is 0 Å². The van der Waals surface area contributed by atoms with Crippen LogP contribution in [0.1, 0.15) is 12.5 Å². The van der Waals surface area contributed by atoms with E-state index in [1.807, 2.05) is 30.3 Å². The molecule has 34 heavy (non-hydrogen) atoms. The first-order valence-corrected chi connectivity index (χ1v) is 12.6. The Kier molecular flexibility index (Phi) is 6.72. The van der Waals surface area contributed by atoms with Crippen LogP contribution in [-0.4, -0.2) is 48.8 Å². The second kappa shape index (κ2) is 10.1. The van der Waals surface area contributed by atoms with E-state index in [1.165, 1.54) is 5.56 Å². The van der Waals surface area contributed by atoms with E-state index >= 15 is 0 Å². The van der Waals surface area contributed by atoms with Gasteiger partial charge in [-0.15, -0.1) is 11.3 Å². The molecule has 176 valence electrons. The molecule has 0 aliphatic carbocycles. The first kappa shape index (κ1) is 22.7. The van der Waals surface area contributed by atoms with Gasteiger partial charge in [-0.25, -0.2) is 0 Å². The molecule has 1 atom stereocenters. The van der Waals surface area contributed by atoms with Gasteiger partial charge in [0.05, 0.1) is 4.88 Å². The van der Waals surface area contributed by atoms with Gasteiger partial charge >= 0.3 is 0 Å². The second-order valence-electron chi connectivity index (χ2n) is 8.83. The zero-order valence-corrected chi connectivity index (χ0v) is 20.4. The van der Waals surface area contributed by atoms with E-state index in [-0.39, 0.29) is 5.75 Å². The summed E-state index contributed by atoms with van der Waals surface area (Å²) in [7, 11) is 0. The highest BCUT2D eigenvalue weighted by Crippen LogP contribution is 2.47. The van der Waals surface area contributed by atoms with Crippen LogP contribution in [0.3, 0.4) is 0 Å². The van der Waals surface area contributed by atoms with Gasteiger partial charge in [-0.05, 0) is 61.9 Å². The molecule has 1 aromatic heterocycles. The maximum atomic E-state index is 9.98. The van der Waals surface area contributed by atoms with Crippen molar-refractivity contribution in [1.82, 2.24) is 10.2 Å². The fourth-order valence-electron chi connectivity index (χ4n) is 4.22. The molecule has 0 spiro atoms. The van der Waals surface area contributed by atoms with Crippen LogP contribution in [0, 0.1) is 6.92 Å². The molecule has 2 heterocycles. The highest BCUT2D eigenvalue weighted by molar-refractivity contribution is 7.22. The topological polar surface area (TPSA) is 54.0 Å². The molecule has 5 nitrogen and oxygen atoms in total. The lowest BCUT2D eigenvalue weighted by molar-refractivity contribution is 0.132. The molecule has 1 aliphatic rings. The minimum absolute atomic E-state index is 0.257. The van der Waals surface area contributed by atoms with Crippen LogP contribution in [0.4, 0.5) is 0 Å². The van der Waals surface area contributed by atoms with Gasteiger partial charge in [0.25, 0.3) is 0 Å². The number of phenols is 1. The average molecular weight is 475 g/mol. The van der Waals surface area contributed by atoms with Crippen molar-refractivity contribution in [2.75, 3.05) is 32.8 Å². The van der Waals surface area contributed by atoms with Crippen molar-refractivity contribution in [1.29, 1.82) is 0 Å². The molecule has 0 radical (unpaired) electrons. The van der Waals surface area contributed by atoms with Crippen LogP contribution < -0.4 is 14.8 Å². The number of hydrogen-bond donors (Lipinski definition) is 2. The van der Waals surface area contributed by atoms with E-state index in [9.17, 15) is 5.11 Å². The molecule has 1 fully saturated rings. The highest BCUT2D eigenvalue weighted by Gasteiger charge is 2.18. The van der Waals surface area contributed by atoms with Crippen molar-refractivity contribution in [2.45, 2.75) is 19.9 Å². The van der Waals surface area contributed by atoms with Crippen molar-refractivity contribution in [3.05, 3.63) is 72.3 Å². The number of aromatic hydroxyl groups is 1. The van der Waals surface area contributed by atoms with E-state index in [0.717, 1.165) is 64.0 Å². The molecule has 6 heteroatoms. The number of hydrogen-bond acceptors (Lipinski definition) is 6. The van der Waals surface area contributed by atoms with Gasteiger partial charge in [0.1, 0.15) is 23.9 Å². The zero-order chi connectivity index (χ0) is 23.5. The molecular weight excluding hydrogens is 444 g/mol. The van der Waals surface area contributed by atoms with Gasteiger partial charge < -0.3 is 19.9 Å². The summed E-state index contributed by atoms with van der Waals surface area (Å²) in [6, 6.07) is 22.1. The molecule has 0 saturated carbocycles. The first-order valence-electron chi connectivity index (χ1n) is 11.7. The molecule has 0 unspecified atom stereocenters. The number of ether oxygens (including phenoxy) is 2. The molecular formula is C28H30N2O3S. The lowest BCUT2D eigenvalue weighted by Gasteiger charge is -2.32. The van der Waals surface area contributed by atoms with E-state index < -0.39 is 0 Å². The van der Waals surface area contributed by atoms with Crippen molar-refractivity contribution in [3.8, 4) is 33.4 Å². The Labute approximate surface area is 204 Å². The summed E-state index contributed by atoms with van der Waals surface area (Å²) < 4.78 is 13.5. The minimum Gasteiger partial charge on any atom is -0.508 e. The van der Waals surface area contributed by atoms with Crippen molar-refractivity contribution >= 4 is 21.4 Å². The quantitative estimate of drug-likeness (QED) is 0.342. The zero-order valence-electron chi connectivity index (χ0n) is 19.6. The summed E-state index contributed by atoms with van der Waals surface area (Å²) in [5.74, 6) is 2.66. The third-order valence-electron chi connectivity index (χ3n) is 6.25. The number of nitrogens with one attached hydrogen (secondary N) is 1. The molecule has 2 N–H and O–H groups in total. The molecule has 3 aromatic carbocycles. The SMILES string of the molecule is Cc1ccc(-c2sc3cc(O)ccc3c2Oc2ccc(OC[C@H](C)N3CCNCC3)cc2)cc1. The van der Waals surface area contributed by atoms with Gasteiger partial charge in [-0.3, -0.25) is 4.90 Å². The summed E-state index contributed by atoms with van der Waals surface area (Å²) in [4.78, 5) is 3.51. The number of nitrogens with zero attached hydrogens (tertiary/aromatic N) is 1. The monoisotopic (exact) mass is 474 g/mol. The van der Waals surface area contributed by atoms with Crippen LogP contribution >= 0.6 is 11.3 Å². The number of fused-ring (bicyclic) bond motifs is 1. The van der Waals surface area contributed by atoms with Crippen LogP contribution in [-0.2, 0) is 0 Å². The maximum Gasteiger partial charge on any atom is 0.153 e. The van der Waals surface area contributed by atoms with Gasteiger partial charge in [0.2, 0.25) is 0 Å². The molecule has 1 saturated heterocycles. The van der Waals surface area contributed by atoms with Gasteiger partial charge in [0.15, 0.2) is 5.75 Å². The summed E-state index contributed by atoms with van der Waals surface area (Å²) in [6.45, 7) is 9.17. The summed E-state index contributed by atoms with van der Waals surface area (Å²) in [5.41, 5.74) is 2.31. The molecule has 0 amide bonds. The average Bonchev–Trinajstić information content (AvgIpc) is 3.21. The number of rotatable bonds is 7. The number of benzene rings is 3. The van der Waals surface area contributed by atoms with Crippen LogP contribution in [0.15, 0.2) is 66.7 Å². The number of thiophene rings is 1. The Morgan fingerprint density at radius 2 is 1.68 bits per heavy atom. The Morgan fingerprint density at radius 1 is 0.971 bits per heavy atom. The predicted molar refractivity (Wildman–Crippen MR) is 140 cm³/mol. The normalized spacial score (nSPS) is 15.4. The van der Waals surface area contributed by atoms with E-state index in [1.54, 1.807) is 23.5 Å². The Hall–Kier alpha value is -3.06. The first-order chi connectivity index (χ1) is 16.6. The third kappa shape index (κ3) is 5.04. The van der Waals surface area contributed by atoms with Crippen LogP contribution in [0.25, 0.3) is 20.5 Å². The van der Waals surface area contributed by atoms with E-state index in [4.69, 9.17) is 9.47 Å². The van der Waals surface area contributed by atoms with Gasteiger partial charge in [-0.2, -0.15) is 0 Å². The maximum absolute atomic E-state index is 9.98. The Morgan fingerprint density at radius 3 is 2.41 bits per heavy atom. The summed E-state index contributed by atoms with van der Waals surface area (Å²) in [6.07, 6.45) is 0. The predicted octanol–water partition coefficient (Wildman–Crippen LogP) is 6.05. The number of piperazine rings is 1. The van der Waals surface area contributed by atoms with Crippen molar-refractivity contribution in [2.24, 2.45) is 0 Å². The summed E-state index contributed by atoms with van der Waals surface area (Å²) in [5, 5.41) is 14.4. The fourth-order valence-corrected chi connectivity index (χ4v) is 5.39. The lowest BCUT2D eigenvalue weighted by Crippen LogP contribution is -2.49. The molecule has 0 bridgehead atoms. The third-order valence-corrected chi connectivity index (χ3v) is 7.43. The van der Waals surface area contributed by atoms with Crippen molar-refractivity contribution < 1.29 is 14.6 Å². The highest BCUT2D eigenvalue weighted by atomic mass is 32.1. The van der Waals surface area contributed by atoms with E-state index in [2.05, 4.69) is 48.3 Å². The molecule has 4 aromatic rings. The number of aryl methyl sites for hydroxylation is 1. The van der Waals surface area contributed by atoms with E-state index in [0.29, 0.717) is 12.6 Å². The molecule has 1 aliphatic heterocycles. The fraction of sp³-hybridized carbons (Fsp3) is 0.286. The van der Waals surface area contributed by atoms with Gasteiger partial charge in [-0.1, -0.05) is 29.8 Å². The van der Waals surface area contributed by atoms with Crippen LogP contribution in [0.2, 0.25) is 0 Å². The minimum atomic E-state index is 0.257. The smallest absolute Gasteiger partial charge is 0.153 e. The van der Waals surface area contributed by atoms with Crippen LogP contribution in [0.5, 0.6) is 23.0 Å². The lowest BCUT2D eigenvalue weighted by atomic mass is 10.1. The van der Waals surface area contributed by atoms with Gasteiger partial charge in [0, 0.05) is 42.3 Å².